The van der Waals surface area contributed by atoms with Crippen LogP contribution >= 0.6 is 0 Å². The molecule has 0 aliphatic carbocycles. The highest BCUT2D eigenvalue weighted by Gasteiger charge is 2.31. The van der Waals surface area contributed by atoms with Gasteiger partial charge < -0.3 is 15.2 Å². The molecule has 0 saturated heterocycles. The van der Waals surface area contributed by atoms with Gasteiger partial charge in [0.25, 0.3) is 5.91 Å². The van der Waals surface area contributed by atoms with Gasteiger partial charge in [-0.2, -0.15) is 13.2 Å². The molecule has 0 bridgehead atoms. The van der Waals surface area contributed by atoms with Gasteiger partial charge in [-0.05, 0) is 61.2 Å². The van der Waals surface area contributed by atoms with E-state index in [2.05, 4.69) is 19.5 Å². The minimum Gasteiger partial charge on any atom is -0.383 e. The molecule has 3 aromatic heterocycles. The van der Waals surface area contributed by atoms with E-state index < -0.39 is 11.7 Å². The number of amides is 1. The van der Waals surface area contributed by atoms with E-state index in [1.54, 1.807) is 29.3 Å². The molecular weight excluding hydrogens is 469 g/mol. The number of nitrogen functional groups attached to an aromatic ring is 1. The lowest BCUT2D eigenvalue weighted by atomic mass is 9.96. The summed E-state index contributed by atoms with van der Waals surface area (Å²) in [5.74, 6) is 1.35. The third-order valence-electron chi connectivity index (χ3n) is 6.61. The average molecular weight is 495 g/mol. The molecule has 36 heavy (non-hydrogen) atoms. The SMILES string of the molecule is Cc1cc2cc(C(=O)N(Cc3ccc(C(F)(F)F)cn3)CC3CCn4ccnc4C3)ccc2nc1N. The second-order valence-electron chi connectivity index (χ2n) is 9.22. The van der Waals surface area contributed by atoms with Crippen LogP contribution in [0.3, 0.4) is 0 Å². The zero-order chi connectivity index (χ0) is 25.4. The number of rotatable bonds is 5. The summed E-state index contributed by atoms with van der Waals surface area (Å²) in [6.07, 6.45) is 1.64. The molecule has 4 aromatic rings. The highest BCUT2D eigenvalue weighted by atomic mass is 19.4. The van der Waals surface area contributed by atoms with E-state index in [-0.39, 0.29) is 18.4 Å². The molecule has 1 atom stereocenters. The zero-order valence-corrected chi connectivity index (χ0v) is 19.7. The van der Waals surface area contributed by atoms with E-state index in [9.17, 15) is 18.0 Å². The van der Waals surface area contributed by atoms with Gasteiger partial charge in [-0.15, -0.1) is 0 Å². The first-order chi connectivity index (χ1) is 17.2. The summed E-state index contributed by atoms with van der Waals surface area (Å²) in [7, 11) is 0. The molecule has 5 rings (SSSR count). The predicted molar refractivity (Wildman–Crippen MR) is 129 cm³/mol. The largest absolute Gasteiger partial charge is 0.417 e. The number of nitrogens with two attached hydrogens (primary N) is 1. The number of aromatic nitrogens is 4. The maximum absolute atomic E-state index is 13.7. The zero-order valence-electron chi connectivity index (χ0n) is 19.7. The number of anilines is 1. The number of benzene rings is 1. The summed E-state index contributed by atoms with van der Waals surface area (Å²) in [6.45, 7) is 3.19. The maximum atomic E-state index is 13.7. The third kappa shape index (κ3) is 4.89. The quantitative estimate of drug-likeness (QED) is 0.437. The van der Waals surface area contributed by atoms with Crippen molar-refractivity contribution >= 4 is 22.6 Å². The van der Waals surface area contributed by atoms with E-state index in [1.807, 2.05) is 19.2 Å². The molecule has 10 heteroatoms. The number of hydrogen-bond donors (Lipinski definition) is 1. The molecule has 186 valence electrons. The van der Waals surface area contributed by atoms with Crippen molar-refractivity contribution < 1.29 is 18.0 Å². The van der Waals surface area contributed by atoms with Crippen molar-refractivity contribution in [2.45, 2.75) is 39.0 Å². The van der Waals surface area contributed by atoms with Gasteiger partial charge in [-0.3, -0.25) is 9.78 Å². The van der Waals surface area contributed by atoms with Gasteiger partial charge in [0, 0.05) is 49.1 Å². The number of pyridine rings is 2. The van der Waals surface area contributed by atoms with Crippen LogP contribution in [-0.4, -0.2) is 36.9 Å². The van der Waals surface area contributed by atoms with Crippen LogP contribution in [0, 0.1) is 12.8 Å². The summed E-state index contributed by atoms with van der Waals surface area (Å²) in [5, 5.41) is 0.792. The average Bonchev–Trinajstić information content (AvgIpc) is 3.31. The van der Waals surface area contributed by atoms with Gasteiger partial charge >= 0.3 is 6.18 Å². The lowest BCUT2D eigenvalue weighted by Crippen LogP contribution is -2.37. The smallest absolute Gasteiger partial charge is 0.383 e. The maximum Gasteiger partial charge on any atom is 0.417 e. The Kier molecular flexibility index (Phi) is 6.11. The topological polar surface area (TPSA) is 89.9 Å². The number of carbonyl (C=O) groups excluding carboxylic acids is 1. The minimum atomic E-state index is -4.47. The Balaban J connectivity index is 1.43. The number of carbonyl (C=O) groups is 1. The third-order valence-corrected chi connectivity index (χ3v) is 6.61. The van der Waals surface area contributed by atoms with Crippen LogP contribution in [0.2, 0.25) is 0 Å². The van der Waals surface area contributed by atoms with Gasteiger partial charge in [-0.25, -0.2) is 9.97 Å². The number of hydrogen-bond acceptors (Lipinski definition) is 5. The molecule has 1 aliphatic heterocycles. The van der Waals surface area contributed by atoms with Gasteiger partial charge in [0.1, 0.15) is 11.6 Å². The lowest BCUT2D eigenvalue weighted by molar-refractivity contribution is -0.137. The summed E-state index contributed by atoms with van der Waals surface area (Å²) in [6, 6.07) is 9.44. The number of alkyl halides is 3. The summed E-state index contributed by atoms with van der Waals surface area (Å²) in [4.78, 5) is 28.1. The number of imidazole rings is 1. The normalized spacial score (nSPS) is 15.6. The highest BCUT2D eigenvalue weighted by Crippen LogP contribution is 2.29. The first-order valence-electron chi connectivity index (χ1n) is 11.7. The molecule has 0 spiro atoms. The van der Waals surface area contributed by atoms with Crippen molar-refractivity contribution in [3.8, 4) is 0 Å². The summed E-state index contributed by atoms with van der Waals surface area (Å²) < 4.78 is 41.1. The predicted octanol–water partition coefficient (Wildman–Crippen LogP) is 4.64. The molecule has 2 N–H and O–H groups in total. The van der Waals surface area contributed by atoms with E-state index in [0.717, 1.165) is 48.4 Å². The van der Waals surface area contributed by atoms with E-state index >= 15 is 0 Å². The summed E-state index contributed by atoms with van der Waals surface area (Å²) >= 11 is 0. The van der Waals surface area contributed by atoms with Gasteiger partial charge in [-0.1, -0.05) is 0 Å². The molecule has 0 radical (unpaired) electrons. The van der Waals surface area contributed by atoms with Crippen LogP contribution < -0.4 is 5.73 Å². The fraction of sp³-hybridized carbons (Fsp3) is 0.308. The van der Waals surface area contributed by atoms with Gasteiger partial charge in [0.15, 0.2) is 0 Å². The molecule has 7 nitrogen and oxygen atoms in total. The first-order valence-corrected chi connectivity index (χ1v) is 11.7. The molecule has 4 heterocycles. The van der Waals surface area contributed by atoms with E-state index in [0.29, 0.717) is 29.1 Å². The van der Waals surface area contributed by atoms with Crippen LogP contribution in [0.25, 0.3) is 10.9 Å². The second-order valence-corrected chi connectivity index (χ2v) is 9.22. The Morgan fingerprint density at radius 1 is 1.19 bits per heavy atom. The molecule has 1 aromatic carbocycles. The van der Waals surface area contributed by atoms with Crippen molar-refractivity contribution in [2.24, 2.45) is 5.92 Å². The van der Waals surface area contributed by atoms with Crippen LogP contribution in [-0.2, 0) is 25.7 Å². The summed E-state index contributed by atoms with van der Waals surface area (Å²) in [5.41, 5.74) is 7.45. The monoisotopic (exact) mass is 494 g/mol. The molecule has 1 unspecified atom stereocenters. The standard InChI is InChI=1S/C26H25F3N6O/c1-16-10-19-12-18(2-5-22(19)33-24(16)30)25(36)35(14-17-6-8-34-9-7-31-23(34)11-17)15-21-4-3-20(13-32-21)26(27,28)29/h2-5,7,9-10,12-13,17H,6,8,11,14-15H2,1H3,(H2,30,33). The molecule has 1 amide bonds. The number of nitrogens with zero attached hydrogens (tertiary/aromatic N) is 5. The van der Waals surface area contributed by atoms with E-state index in [4.69, 9.17) is 5.73 Å². The van der Waals surface area contributed by atoms with Gasteiger partial charge in [0.05, 0.1) is 23.3 Å². The van der Waals surface area contributed by atoms with Crippen LogP contribution in [0.4, 0.5) is 19.0 Å². The molecule has 0 fully saturated rings. The molecule has 1 aliphatic rings. The minimum absolute atomic E-state index is 0.0962. The molecule has 0 saturated carbocycles. The van der Waals surface area contributed by atoms with Crippen molar-refractivity contribution in [3.05, 3.63) is 83.2 Å². The van der Waals surface area contributed by atoms with Gasteiger partial charge in [0.2, 0.25) is 0 Å². The lowest BCUT2D eigenvalue weighted by Gasteiger charge is -2.30. The Labute approximate surface area is 205 Å². The van der Waals surface area contributed by atoms with Crippen LogP contribution in [0.1, 0.15) is 39.4 Å². The Morgan fingerprint density at radius 3 is 2.78 bits per heavy atom. The number of fused-ring (bicyclic) bond motifs is 2. The fourth-order valence-corrected chi connectivity index (χ4v) is 4.60. The fourth-order valence-electron chi connectivity index (χ4n) is 4.60. The van der Waals surface area contributed by atoms with Crippen LogP contribution in [0.5, 0.6) is 0 Å². The highest BCUT2D eigenvalue weighted by molar-refractivity contribution is 5.98. The Hall–Kier alpha value is -3.95. The number of aryl methyl sites for hydroxylation is 2. The molecular formula is C26H25F3N6O. The number of halogens is 3. The second kappa shape index (κ2) is 9.25. The Morgan fingerprint density at radius 2 is 2.03 bits per heavy atom. The first kappa shape index (κ1) is 23.8. The van der Waals surface area contributed by atoms with Crippen LogP contribution in [0.15, 0.2) is 55.0 Å². The van der Waals surface area contributed by atoms with Crippen molar-refractivity contribution in [2.75, 3.05) is 12.3 Å². The van der Waals surface area contributed by atoms with Crippen molar-refractivity contribution in [1.82, 2.24) is 24.4 Å². The van der Waals surface area contributed by atoms with Crippen molar-refractivity contribution in [1.29, 1.82) is 0 Å². The van der Waals surface area contributed by atoms with E-state index in [1.165, 1.54) is 6.07 Å². The Bertz CT molecular complexity index is 1410. The van der Waals surface area contributed by atoms with Crippen molar-refractivity contribution in [3.63, 3.8) is 0 Å².